The largest absolute Gasteiger partial charge is 0.494 e. The molecule has 4 heteroatoms. The van der Waals surface area contributed by atoms with Crippen LogP contribution in [0.25, 0.3) is 11.3 Å². The van der Waals surface area contributed by atoms with E-state index in [2.05, 4.69) is 16.9 Å². The minimum absolute atomic E-state index is 0.463. The van der Waals surface area contributed by atoms with Gasteiger partial charge in [0.15, 0.2) is 0 Å². The van der Waals surface area contributed by atoms with Crippen LogP contribution in [0.15, 0.2) is 24.3 Å². The molecule has 0 spiro atoms. The van der Waals surface area contributed by atoms with Crippen LogP contribution < -0.4 is 10.5 Å². The summed E-state index contributed by atoms with van der Waals surface area (Å²) < 4.78 is 5.55. The number of ether oxygens (including phenoxy) is 1. The Balaban J connectivity index is 2.22. The van der Waals surface area contributed by atoms with Crippen molar-refractivity contribution in [3.8, 4) is 17.0 Å². The van der Waals surface area contributed by atoms with Gasteiger partial charge in [0.2, 0.25) is 0 Å². The molecule has 0 atom stereocenters. The zero-order valence-corrected chi connectivity index (χ0v) is 10.9. The Morgan fingerprint density at radius 3 is 2.61 bits per heavy atom. The molecule has 0 radical (unpaired) electrons. The van der Waals surface area contributed by atoms with E-state index in [0.717, 1.165) is 41.6 Å². The third kappa shape index (κ3) is 2.71. The summed E-state index contributed by atoms with van der Waals surface area (Å²) in [4.78, 5) is 7.64. The van der Waals surface area contributed by atoms with Gasteiger partial charge in [-0.1, -0.05) is 6.92 Å². The number of imidazole rings is 1. The number of nitrogens with zero attached hydrogens (tertiary/aromatic N) is 1. The van der Waals surface area contributed by atoms with Crippen molar-refractivity contribution < 1.29 is 4.74 Å². The number of aromatic amines is 1. The van der Waals surface area contributed by atoms with Gasteiger partial charge in [0.25, 0.3) is 0 Å². The molecule has 1 aromatic heterocycles. The smallest absolute Gasteiger partial charge is 0.119 e. The number of aromatic nitrogens is 2. The second-order valence-corrected chi connectivity index (χ2v) is 4.23. The van der Waals surface area contributed by atoms with Crippen LogP contribution in [0, 0.1) is 6.92 Å². The van der Waals surface area contributed by atoms with E-state index in [1.54, 1.807) is 0 Å². The molecule has 2 rings (SSSR count). The summed E-state index contributed by atoms with van der Waals surface area (Å²) in [5.74, 6) is 1.78. The lowest BCUT2D eigenvalue weighted by Gasteiger charge is -2.05. The normalized spacial score (nSPS) is 10.6. The van der Waals surface area contributed by atoms with Gasteiger partial charge in [0.1, 0.15) is 11.6 Å². The van der Waals surface area contributed by atoms with Crippen LogP contribution >= 0.6 is 0 Å². The molecule has 0 bridgehead atoms. The molecule has 0 aliphatic carbocycles. The molecule has 1 heterocycles. The fourth-order valence-corrected chi connectivity index (χ4v) is 1.86. The summed E-state index contributed by atoms with van der Waals surface area (Å²) in [5, 5.41) is 0. The molecule has 0 aliphatic rings. The third-order valence-electron chi connectivity index (χ3n) is 2.70. The predicted molar refractivity (Wildman–Crippen MR) is 72.4 cm³/mol. The molecular weight excluding hydrogens is 226 g/mol. The molecule has 96 valence electrons. The maximum atomic E-state index is 5.70. The summed E-state index contributed by atoms with van der Waals surface area (Å²) >= 11 is 0. The van der Waals surface area contributed by atoms with Gasteiger partial charge in [0, 0.05) is 12.1 Å². The van der Waals surface area contributed by atoms with E-state index >= 15 is 0 Å². The van der Waals surface area contributed by atoms with Crippen molar-refractivity contribution in [2.24, 2.45) is 5.73 Å². The molecule has 0 saturated carbocycles. The Morgan fingerprint density at radius 2 is 2.00 bits per heavy atom. The highest BCUT2D eigenvalue weighted by Crippen LogP contribution is 2.24. The van der Waals surface area contributed by atoms with Crippen LogP contribution in [-0.4, -0.2) is 16.6 Å². The Labute approximate surface area is 107 Å². The fraction of sp³-hybridized carbons (Fsp3) is 0.357. The van der Waals surface area contributed by atoms with Crippen molar-refractivity contribution in [3.05, 3.63) is 35.8 Å². The van der Waals surface area contributed by atoms with Gasteiger partial charge in [-0.05, 0) is 37.6 Å². The first-order chi connectivity index (χ1) is 8.74. The van der Waals surface area contributed by atoms with Crippen LogP contribution in [0.3, 0.4) is 0 Å². The maximum Gasteiger partial charge on any atom is 0.119 e. The Hall–Kier alpha value is -1.81. The predicted octanol–water partition coefficient (Wildman–Crippen LogP) is 2.63. The second kappa shape index (κ2) is 5.69. The molecule has 1 aromatic carbocycles. The van der Waals surface area contributed by atoms with Gasteiger partial charge in [-0.2, -0.15) is 0 Å². The number of nitrogens with two attached hydrogens (primary N) is 1. The first-order valence-corrected chi connectivity index (χ1v) is 6.23. The van der Waals surface area contributed by atoms with Gasteiger partial charge in [0.05, 0.1) is 18.0 Å². The lowest BCUT2D eigenvalue weighted by Crippen LogP contribution is -1.99. The second-order valence-electron chi connectivity index (χ2n) is 4.23. The lowest BCUT2D eigenvalue weighted by molar-refractivity contribution is 0.317. The average molecular weight is 245 g/mol. The quantitative estimate of drug-likeness (QED) is 0.851. The fourth-order valence-electron chi connectivity index (χ4n) is 1.86. The van der Waals surface area contributed by atoms with Gasteiger partial charge in [-0.3, -0.25) is 0 Å². The minimum atomic E-state index is 0.463. The van der Waals surface area contributed by atoms with Crippen molar-refractivity contribution in [1.82, 2.24) is 9.97 Å². The Morgan fingerprint density at radius 1 is 1.28 bits per heavy atom. The number of rotatable bonds is 5. The summed E-state index contributed by atoms with van der Waals surface area (Å²) in [5.41, 5.74) is 8.66. The zero-order chi connectivity index (χ0) is 13.0. The average Bonchev–Trinajstić information content (AvgIpc) is 2.78. The third-order valence-corrected chi connectivity index (χ3v) is 2.70. The van der Waals surface area contributed by atoms with Gasteiger partial charge in [-0.25, -0.2) is 4.98 Å². The van der Waals surface area contributed by atoms with Crippen molar-refractivity contribution in [2.45, 2.75) is 26.8 Å². The van der Waals surface area contributed by atoms with E-state index in [1.165, 1.54) is 0 Å². The Kier molecular flexibility index (Phi) is 3.99. The van der Waals surface area contributed by atoms with Crippen molar-refractivity contribution in [2.75, 3.05) is 6.61 Å². The number of nitrogens with one attached hydrogen (secondary N) is 1. The Bertz CT molecular complexity index is 502. The molecule has 18 heavy (non-hydrogen) atoms. The van der Waals surface area contributed by atoms with Crippen molar-refractivity contribution >= 4 is 0 Å². The number of hydrogen-bond donors (Lipinski definition) is 2. The summed E-state index contributed by atoms with van der Waals surface area (Å²) in [6, 6.07) is 7.96. The number of hydrogen-bond acceptors (Lipinski definition) is 3. The molecule has 2 aromatic rings. The molecule has 0 aliphatic heterocycles. The van der Waals surface area contributed by atoms with Gasteiger partial charge < -0.3 is 15.5 Å². The van der Waals surface area contributed by atoms with E-state index < -0.39 is 0 Å². The minimum Gasteiger partial charge on any atom is -0.494 e. The number of H-pyrrole nitrogens is 1. The molecule has 0 saturated heterocycles. The van der Waals surface area contributed by atoms with E-state index in [9.17, 15) is 0 Å². The van der Waals surface area contributed by atoms with E-state index in [1.807, 2.05) is 31.2 Å². The lowest BCUT2D eigenvalue weighted by atomic mass is 10.1. The van der Waals surface area contributed by atoms with E-state index in [-0.39, 0.29) is 0 Å². The van der Waals surface area contributed by atoms with Gasteiger partial charge in [-0.15, -0.1) is 0 Å². The highest BCUT2D eigenvalue weighted by Gasteiger charge is 2.09. The van der Waals surface area contributed by atoms with Gasteiger partial charge >= 0.3 is 0 Å². The first kappa shape index (κ1) is 12.6. The topological polar surface area (TPSA) is 63.9 Å². The van der Waals surface area contributed by atoms with E-state index in [4.69, 9.17) is 10.5 Å². The standard InChI is InChI=1S/C14H19N3O/c1-3-8-18-12-6-4-11(5-7-12)14-13(9-15)16-10(2)17-14/h4-7H,3,8-9,15H2,1-2H3,(H,16,17). The zero-order valence-electron chi connectivity index (χ0n) is 10.9. The summed E-state index contributed by atoms with van der Waals surface area (Å²) in [7, 11) is 0. The van der Waals surface area contributed by atoms with Crippen molar-refractivity contribution in [3.63, 3.8) is 0 Å². The van der Waals surface area contributed by atoms with Crippen LogP contribution in [0.4, 0.5) is 0 Å². The number of benzene rings is 1. The summed E-state index contributed by atoms with van der Waals surface area (Å²) in [6.45, 7) is 5.23. The first-order valence-electron chi connectivity index (χ1n) is 6.23. The SMILES string of the molecule is CCCOc1ccc(-c2nc(C)[nH]c2CN)cc1. The maximum absolute atomic E-state index is 5.70. The van der Waals surface area contributed by atoms with Crippen LogP contribution in [0.5, 0.6) is 5.75 Å². The highest BCUT2D eigenvalue weighted by atomic mass is 16.5. The molecule has 4 nitrogen and oxygen atoms in total. The summed E-state index contributed by atoms with van der Waals surface area (Å²) in [6.07, 6.45) is 1.01. The van der Waals surface area contributed by atoms with Crippen LogP contribution in [-0.2, 0) is 6.54 Å². The van der Waals surface area contributed by atoms with Crippen molar-refractivity contribution in [1.29, 1.82) is 0 Å². The molecular formula is C14H19N3O. The molecule has 0 unspecified atom stereocenters. The molecule has 0 amide bonds. The van der Waals surface area contributed by atoms with Crippen LogP contribution in [0.1, 0.15) is 24.9 Å². The monoisotopic (exact) mass is 245 g/mol. The van der Waals surface area contributed by atoms with E-state index in [0.29, 0.717) is 6.54 Å². The molecule has 0 fully saturated rings. The highest BCUT2D eigenvalue weighted by molar-refractivity contribution is 5.63. The molecule has 3 N–H and O–H groups in total. The van der Waals surface area contributed by atoms with Crippen LogP contribution in [0.2, 0.25) is 0 Å². The number of aryl methyl sites for hydroxylation is 1.